The summed E-state index contributed by atoms with van der Waals surface area (Å²) in [4.78, 5) is 18.7. The normalized spacial score (nSPS) is 12.7. The van der Waals surface area contributed by atoms with Crippen LogP contribution in [0.3, 0.4) is 0 Å². The third-order valence-electron chi connectivity index (χ3n) is 5.68. The second kappa shape index (κ2) is 13.6. The zero-order valence-electron chi connectivity index (χ0n) is 23.2. The van der Waals surface area contributed by atoms with Crippen LogP contribution < -0.4 is 16.1 Å². The van der Waals surface area contributed by atoms with Crippen LogP contribution in [0.5, 0.6) is 0 Å². The maximum Gasteiger partial charge on any atom is 0.431 e. The number of anilines is 1. The fourth-order valence-electron chi connectivity index (χ4n) is 3.52. The molecule has 2 radical (unpaired) electrons. The molecule has 2 aromatic rings. The van der Waals surface area contributed by atoms with Gasteiger partial charge in [0.25, 0.3) is 10.0 Å². The topological polar surface area (TPSA) is 103 Å². The fraction of sp³-hybridized carbons (Fsp3) is 0.385. The Morgan fingerprint density at radius 3 is 2.49 bits per heavy atom. The van der Waals surface area contributed by atoms with E-state index in [2.05, 4.69) is 31.6 Å². The first-order valence-electron chi connectivity index (χ1n) is 12.0. The first kappa shape index (κ1) is 32.5. The number of aliphatic imine (C=N–C) groups is 1. The molecule has 0 unspecified atom stereocenters. The molecule has 2 aromatic carbocycles. The molecule has 0 saturated heterocycles. The van der Waals surface area contributed by atoms with Gasteiger partial charge in [0.2, 0.25) is 0 Å². The van der Waals surface area contributed by atoms with Crippen molar-refractivity contribution >= 4 is 56.9 Å². The number of nitrogens with zero attached hydrogens (tertiary/aromatic N) is 3. The summed E-state index contributed by atoms with van der Waals surface area (Å²) in [6, 6.07) is 7.64. The molecule has 1 amide bonds. The molecule has 0 aliphatic rings. The van der Waals surface area contributed by atoms with Gasteiger partial charge in [0.1, 0.15) is 19.5 Å². The van der Waals surface area contributed by atoms with Gasteiger partial charge in [0.05, 0.1) is 4.90 Å². The highest BCUT2D eigenvalue weighted by molar-refractivity contribution is 9.10. The molecule has 2 N–H and O–H groups in total. The minimum Gasteiger partial charge on any atom is -0.427 e. The third-order valence-corrected chi connectivity index (χ3v) is 8.26. The minimum atomic E-state index is -4.58. The van der Waals surface area contributed by atoms with Crippen molar-refractivity contribution in [2.75, 3.05) is 33.5 Å². The summed E-state index contributed by atoms with van der Waals surface area (Å²) in [5.41, 5.74) is 0.407. The van der Waals surface area contributed by atoms with Crippen LogP contribution in [0.25, 0.3) is 0 Å². The standard InChI is InChI=1S/C26H34BBrFN5O4S/c1-8-10-22(30-4)34(25(35)38-26(2,3)31-5)39(36,37)21-14-13-20(24(28)23(21)27)32-15-18-17(16-33(6)7)11-9-12-19(18)29/h8-14,31-32H,15-16H2,1-7H3/b10-8-,30-22?. The van der Waals surface area contributed by atoms with Crippen LogP contribution in [0.2, 0.25) is 0 Å². The summed E-state index contributed by atoms with van der Waals surface area (Å²) in [7, 11) is 8.40. The smallest absolute Gasteiger partial charge is 0.427 e. The lowest BCUT2D eigenvalue weighted by Gasteiger charge is -2.29. The van der Waals surface area contributed by atoms with Gasteiger partial charge < -0.3 is 15.0 Å². The Morgan fingerprint density at radius 2 is 1.92 bits per heavy atom. The van der Waals surface area contributed by atoms with Crippen molar-refractivity contribution in [3.8, 4) is 0 Å². The zero-order valence-corrected chi connectivity index (χ0v) is 25.6. The second-order valence-electron chi connectivity index (χ2n) is 9.29. The number of rotatable bonds is 10. The fourth-order valence-corrected chi connectivity index (χ4v) is 5.57. The summed E-state index contributed by atoms with van der Waals surface area (Å²) in [5, 5.41) is 5.91. The summed E-state index contributed by atoms with van der Waals surface area (Å²) >= 11 is 3.36. The predicted octanol–water partition coefficient (Wildman–Crippen LogP) is 3.74. The molecule has 0 bridgehead atoms. The molecule has 210 valence electrons. The van der Waals surface area contributed by atoms with Gasteiger partial charge in [-0.25, -0.2) is 17.6 Å². The number of nitrogens with one attached hydrogen (secondary N) is 2. The largest absolute Gasteiger partial charge is 0.431 e. The highest BCUT2D eigenvalue weighted by Gasteiger charge is 2.38. The van der Waals surface area contributed by atoms with Crippen LogP contribution in [0, 0.1) is 5.82 Å². The summed E-state index contributed by atoms with van der Waals surface area (Å²) in [6.45, 7) is 5.46. The van der Waals surface area contributed by atoms with E-state index in [1.165, 1.54) is 31.3 Å². The molecule has 0 aromatic heterocycles. The third kappa shape index (κ3) is 7.90. The van der Waals surface area contributed by atoms with E-state index in [0.29, 0.717) is 22.1 Å². The Bertz CT molecular complexity index is 1370. The number of allylic oxidation sites excluding steroid dienone is 1. The average Bonchev–Trinajstić information content (AvgIpc) is 2.84. The lowest BCUT2D eigenvalue weighted by atomic mass is 9.95. The molecule has 0 saturated carbocycles. The maximum atomic E-state index is 14.6. The van der Waals surface area contributed by atoms with Crippen LogP contribution in [0.1, 0.15) is 31.9 Å². The van der Waals surface area contributed by atoms with Gasteiger partial charge >= 0.3 is 6.09 Å². The lowest BCUT2D eigenvalue weighted by molar-refractivity contribution is 0.0140. The maximum absolute atomic E-state index is 14.6. The van der Waals surface area contributed by atoms with Crippen LogP contribution in [0.4, 0.5) is 14.9 Å². The number of ether oxygens (including phenoxy) is 1. The molecule has 9 nitrogen and oxygen atoms in total. The summed E-state index contributed by atoms with van der Waals surface area (Å²) in [6.07, 6.45) is 1.74. The first-order chi connectivity index (χ1) is 18.2. The Balaban J connectivity index is 2.50. The van der Waals surface area contributed by atoms with E-state index in [0.717, 1.165) is 5.56 Å². The number of halogens is 2. The number of amidine groups is 1. The lowest BCUT2D eigenvalue weighted by Crippen LogP contribution is -2.49. The zero-order chi connectivity index (χ0) is 29.5. The molecule has 13 heteroatoms. The molecule has 0 aliphatic heterocycles. The monoisotopic (exact) mass is 621 g/mol. The van der Waals surface area contributed by atoms with Crippen molar-refractivity contribution in [1.29, 1.82) is 0 Å². The predicted molar refractivity (Wildman–Crippen MR) is 157 cm³/mol. The van der Waals surface area contributed by atoms with Crippen molar-refractivity contribution in [2.24, 2.45) is 4.99 Å². The Morgan fingerprint density at radius 1 is 1.26 bits per heavy atom. The van der Waals surface area contributed by atoms with Crippen molar-refractivity contribution in [1.82, 2.24) is 14.5 Å². The van der Waals surface area contributed by atoms with Gasteiger partial charge in [-0.05, 0) is 87.7 Å². The van der Waals surface area contributed by atoms with Gasteiger partial charge in [0, 0.05) is 35.9 Å². The molecule has 2 rings (SSSR count). The highest BCUT2D eigenvalue weighted by atomic mass is 79.9. The van der Waals surface area contributed by atoms with Crippen molar-refractivity contribution < 1.29 is 22.3 Å². The number of carbonyl (C=O) groups is 1. The number of amides is 1. The van der Waals surface area contributed by atoms with Crippen LogP contribution in [-0.4, -0.2) is 71.3 Å². The quantitative estimate of drug-likeness (QED) is 0.180. The van der Waals surface area contributed by atoms with Gasteiger partial charge in [-0.3, -0.25) is 10.3 Å². The van der Waals surface area contributed by atoms with E-state index < -0.39 is 21.8 Å². The van der Waals surface area contributed by atoms with Crippen LogP contribution >= 0.6 is 15.9 Å². The highest BCUT2D eigenvalue weighted by Crippen LogP contribution is 2.27. The van der Waals surface area contributed by atoms with E-state index in [4.69, 9.17) is 12.6 Å². The van der Waals surface area contributed by atoms with Gasteiger partial charge in [-0.15, -0.1) is 0 Å². The second-order valence-corrected chi connectivity index (χ2v) is 11.8. The van der Waals surface area contributed by atoms with Gasteiger partial charge in [0.15, 0.2) is 5.72 Å². The van der Waals surface area contributed by atoms with Gasteiger partial charge in [-0.2, -0.15) is 4.31 Å². The SMILES string of the molecule is [B]c1c(S(=O)(=O)N(C(=O)OC(C)(C)NC)C(/C=C\C)=NC)ccc(NCc2c(F)cccc2CN(C)C)c1Br. The van der Waals surface area contributed by atoms with E-state index >= 15 is 0 Å². The molecule has 0 heterocycles. The van der Waals surface area contributed by atoms with E-state index in [1.54, 1.807) is 40.0 Å². The van der Waals surface area contributed by atoms with Gasteiger partial charge in [-0.1, -0.05) is 23.7 Å². The molecule has 0 fully saturated rings. The van der Waals surface area contributed by atoms with Crippen LogP contribution in [-0.2, 0) is 27.8 Å². The molecule has 39 heavy (non-hydrogen) atoms. The Hall–Kier alpha value is -2.74. The average molecular weight is 622 g/mol. The van der Waals surface area contributed by atoms with E-state index in [-0.39, 0.29) is 33.0 Å². The molecular weight excluding hydrogens is 588 g/mol. The van der Waals surface area contributed by atoms with E-state index in [9.17, 15) is 17.6 Å². The summed E-state index contributed by atoms with van der Waals surface area (Å²) < 4.78 is 48.3. The summed E-state index contributed by atoms with van der Waals surface area (Å²) in [5.74, 6) is -0.528. The Labute approximate surface area is 240 Å². The van der Waals surface area contributed by atoms with Crippen LogP contribution in [0.15, 0.2) is 56.8 Å². The minimum absolute atomic E-state index is 0.130. The number of sulfonamides is 1. The number of hydrogen-bond acceptors (Lipinski definition) is 8. The first-order valence-corrected chi connectivity index (χ1v) is 14.2. The number of hydrogen-bond donors (Lipinski definition) is 2. The number of benzene rings is 2. The van der Waals surface area contributed by atoms with Crippen molar-refractivity contribution in [2.45, 2.75) is 44.5 Å². The van der Waals surface area contributed by atoms with Crippen molar-refractivity contribution in [3.63, 3.8) is 0 Å². The molecule has 0 atom stereocenters. The number of carbonyl (C=O) groups excluding carboxylic acids is 1. The molecule has 0 aliphatic carbocycles. The Kier molecular flexibility index (Phi) is 11.3. The molecular formula is C26H34BBrFN5O4S. The molecule has 0 spiro atoms. The van der Waals surface area contributed by atoms with E-state index in [1.807, 2.05) is 25.1 Å². The van der Waals surface area contributed by atoms with Crippen molar-refractivity contribution in [3.05, 3.63) is 63.9 Å².